The number of nitrogens with zero attached hydrogens (tertiary/aromatic N) is 3. The molecule has 0 unspecified atom stereocenters. The number of aromatic amines is 1. The number of Topliss-reactive ketones (excluding diaryl/α,β-unsaturated/α-hetero) is 1. The second-order valence-electron chi connectivity index (χ2n) is 6.57. The van der Waals surface area contributed by atoms with Gasteiger partial charge in [0.25, 0.3) is 0 Å². The topological polar surface area (TPSA) is 107 Å². The first-order valence-electron chi connectivity index (χ1n) is 8.30. The number of aromatic nitrogens is 4. The number of ketones is 1. The van der Waals surface area contributed by atoms with E-state index in [-0.39, 0.29) is 18.1 Å². The van der Waals surface area contributed by atoms with E-state index < -0.39 is 0 Å². The van der Waals surface area contributed by atoms with E-state index in [4.69, 9.17) is 5.73 Å². The predicted molar refractivity (Wildman–Crippen MR) is 97.7 cm³/mol. The summed E-state index contributed by atoms with van der Waals surface area (Å²) in [6, 6.07) is 1.87. The first-order chi connectivity index (χ1) is 11.8. The van der Waals surface area contributed by atoms with Gasteiger partial charge in [0, 0.05) is 36.3 Å². The zero-order valence-electron chi connectivity index (χ0n) is 15.1. The summed E-state index contributed by atoms with van der Waals surface area (Å²) >= 11 is 1.37. The van der Waals surface area contributed by atoms with Gasteiger partial charge in [-0.25, -0.2) is 0 Å². The lowest BCUT2D eigenvalue weighted by molar-refractivity contribution is -0.118. The highest BCUT2D eigenvalue weighted by atomic mass is 32.2. The van der Waals surface area contributed by atoms with E-state index in [1.165, 1.54) is 11.8 Å². The maximum absolute atomic E-state index is 12.4. The smallest absolute Gasteiger partial charge is 0.217 e. The highest BCUT2D eigenvalue weighted by Gasteiger charge is 2.17. The number of hydrogen-bond donors (Lipinski definition) is 2. The van der Waals surface area contributed by atoms with Crippen LogP contribution in [0.4, 0.5) is 0 Å². The Kier molecular flexibility index (Phi) is 6.41. The maximum Gasteiger partial charge on any atom is 0.217 e. The quantitative estimate of drug-likeness (QED) is 0.525. The molecule has 0 saturated carbocycles. The number of amides is 1. The molecule has 2 heterocycles. The van der Waals surface area contributed by atoms with Gasteiger partial charge in [0.05, 0.1) is 5.75 Å². The molecule has 0 aliphatic carbocycles. The highest BCUT2D eigenvalue weighted by Crippen LogP contribution is 2.22. The van der Waals surface area contributed by atoms with Crippen molar-refractivity contribution in [3.63, 3.8) is 0 Å². The van der Waals surface area contributed by atoms with Crippen molar-refractivity contribution in [1.82, 2.24) is 19.7 Å². The van der Waals surface area contributed by atoms with E-state index in [1.54, 1.807) is 0 Å². The molecule has 0 saturated heterocycles. The molecule has 0 bridgehead atoms. The monoisotopic (exact) mass is 363 g/mol. The van der Waals surface area contributed by atoms with Crippen LogP contribution in [0, 0.1) is 19.8 Å². The van der Waals surface area contributed by atoms with Gasteiger partial charge in [0.2, 0.25) is 5.91 Å². The third-order valence-corrected chi connectivity index (χ3v) is 4.69. The fourth-order valence-electron chi connectivity index (χ4n) is 2.62. The molecular formula is C17H25N5O2S. The Morgan fingerprint density at radius 2 is 2.04 bits per heavy atom. The Morgan fingerprint density at radius 3 is 2.60 bits per heavy atom. The Bertz CT molecular complexity index is 763. The van der Waals surface area contributed by atoms with Crippen molar-refractivity contribution in [3.8, 4) is 0 Å². The lowest BCUT2D eigenvalue weighted by Crippen LogP contribution is -2.15. The number of nitrogens with two attached hydrogens (primary N) is 1. The first-order valence-corrected chi connectivity index (χ1v) is 9.29. The zero-order valence-corrected chi connectivity index (χ0v) is 15.9. The second kappa shape index (κ2) is 8.33. The van der Waals surface area contributed by atoms with Gasteiger partial charge in [-0.05, 0) is 25.8 Å². The average Bonchev–Trinajstić information content (AvgIpc) is 3.05. The number of rotatable bonds is 9. The van der Waals surface area contributed by atoms with Crippen LogP contribution in [0.1, 0.15) is 47.8 Å². The van der Waals surface area contributed by atoms with Gasteiger partial charge < -0.3 is 15.3 Å². The summed E-state index contributed by atoms with van der Waals surface area (Å²) in [7, 11) is 0. The molecule has 2 aromatic rings. The third-order valence-electron chi connectivity index (χ3n) is 3.72. The lowest BCUT2D eigenvalue weighted by Gasteiger charge is -2.12. The Hall–Kier alpha value is -2.09. The van der Waals surface area contributed by atoms with Crippen LogP contribution in [0.15, 0.2) is 11.2 Å². The van der Waals surface area contributed by atoms with Crippen LogP contribution in [0.3, 0.4) is 0 Å². The standard InChI is InChI=1S/C17H25N5O2S/c1-10(2)8-22-16(6-5-15(18)24)20-21-17(22)25-9-14(23)13-7-11(3)19-12(13)4/h7,10,19H,5-6,8-9H2,1-4H3,(H2,18,24). The van der Waals surface area contributed by atoms with Crippen LogP contribution >= 0.6 is 11.8 Å². The van der Waals surface area contributed by atoms with Crippen molar-refractivity contribution < 1.29 is 9.59 Å². The van der Waals surface area contributed by atoms with E-state index in [0.717, 1.165) is 23.8 Å². The second-order valence-corrected chi connectivity index (χ2v) is 7.51. The molecular weight excluding hydrogens is 338 g/mol. The van der Waals surface area contributed by atoms with E-state index in [9.17, 15) is 9.59 Å². The minimum atomic E-state index is -0.359. The van der Waals surface area contributed by atoms with Crippen LogP contribution < -0.4 is 5.73 Å². The molecule has 0 radical (unpaired) electrons. The Balaban J connectivity index is 2.11. The van der Waals surface area contributed by atoms with Crippen molar-refractivity contribution in [1.29, 1.82) is 0 Å². The maximum atomic E-state index is 12.4. The zero-order chi connectivity index (χ0) is 18.6. The van der Waals surface area contributed by atoms with Crippen LogP contribution in [0.5, 0.6) is 0 Å². The van der Waals surface area contributed by atoms with Gasteiger partial charge in [-0.15, -0.1) is 10.2 Å². The molecule has 0 atom stereocenters. The Morgan fingerprint density at radius 1 is 1.32 bits per heavy atom. The molecule has 2 rings (SSSR count). The van der Waals surface area contributed by atoms with Gasteiger partial charge in [-0.2, -0.15) is 0 Å². The van der Waals surface area contributed by atoms with E-state index in [0.29, 0.717) is 28.8 Å². The van der Waals surface area contributed by atoms with Crippen molar-refractivity contribution in [2.24, 2.45) is 11.7 Å². The fraction of sp³-hybridized carbons (Fsp3) is 0.529. The summed E-state index contributed by atoms with van der Waals surface area (Å²) in [6.45, 7) is 8.77. The number of aryl methyl sites for hydroxylation is 3. The number of thioether (sulfide) groups is 1. The minimum Gasteiger partial charge on any atom is -0.370 e. The van der Waals surface area contributed by atoms with Crippen molar-refractivity contribution in [3.05, 3.63) is 28.8 Å². The van der Waals surface area contributed by atoms with Crippen molar-refractivity contribution >= 4 is 23.5 Å². The first kappa shape index (κ1) is 19.2. The van der Waals surface area contributed by atoms with E-state index in [2.05, 4.69) is 29.0 Å². The summed E-state index contributed by atoms with van der Waals surface area (Å²) in [5, 5.41) is 9.08. The van der Waals surface area contributed by atoms with Gasteiger partial charge >= 0.3 is 0 Å². The molecule has 2 aromatic heterocycles. The minimum absolute atomic E-state index is 0.0598. The van der Waals surface area contributed by atoms with Crippen LogP contribution in [0.2, 0.25) is 0 Å². The fourth-order valence-corrected chi connectivity index (χ4v) is 3.47. The van der Waals surface area contributed by atoms with Gasteiger partial charge in [0.1, 0.15) is 5.82 Å². The molecule has 0 aliphatic heterocycles. The molecule has 0 fully saturated rings. The molecule has 3 N–H and O–H groups in total. The average molecular weight is 363 g/mol. The largest absolute Gasteiger partial charge is 0.370 e. The van der Waals surface area contributed by atoms with Gasteiger partial charge in [-0.3, -0.25) is 9.59 Å². The predicted octanol–water partition coefficient (Wildman–Crippen LogP) is 2.27. The summed E-state index contributed by atoms with van der Waals surface area (Å²) in [4.78, 5) is 26.6. The number of H-pyrrole nitrogens is 1. The summed E-state index contributed by atoms with van der Waals surface area (Å²) < 4.78 is 1.99. The van der Waals surface area contributed by atoms with E-state index >= 15 is 0 Å². The third kappa shape index (κ3) is 5.19. The summed E-state index contributed by atoms with van der Waals surface area (Å²) in [5.74, 6) is 1.12. The van der Waals surface area contributed by atoms with Crippen LogP contribution in [-0.4, -0.2) is 37.2 Å². The highest BCUT2D eigenvalue weighted by molar-refractivity contribution is 7.99. The molecule has 0 aromatic carbocycles. The van der Waals surface area contributed by atoms with Crippen LogP contribution in [0.25, 0.3) is 0 Å². The molecule has 0 spiro atoms. The number of nitrogens with one attached hydrogen (secondary N) is 1. The van der Waals surface area contributed by atoms with Crippen molar-refractivity contribution in [2.45, 2.75) is 52.2 Å². The number of carbonyl (C=O) groups excluding carboxylic acids is 2. The lowest BCUT2D eigenvalue weighted by atomic mass is 10.2. The molecule has 136 valence electrons. The Labute approximate surface area is 151 Å². The number of primary amides is 1. The normalized spacial score (nSPS) is 11.2. The number of carbonyl (C=O) groups is 2. The van der Waals surface area contributed by atoms with Crippen LogP contribution in [-0.2, 0) is 17.8 Å². The van der Waals surface area contributed by atoms with Crippen molar-refractivity contribution in [2.75, 3.05) is 5.75 Å². The van der Waals surface area contributed by atoms with Gasteiger partial charge in [-0.1, -0.05) is 25.6 Å². The van der Waals surface area contributed by atoms with E-state index in [1.807, 2.05) is 24.5 Å². The molecule has 1 amide bonds. The molecule has 0 aliphatic rings. The molecule has 25 heavy (non-hydrogen) atoms. The molecule has 7 nitrogen and oxygen atoms in total. The summed E-state index contributed by atoms with van der Waals surface area (Å²) in [5.41, 5.74) is 7.80. The SMILES string of the molecule is Cc1cc(C(=O)CSc2nnc(CCC(N)=O)n2CC(C)C)c(C)[nH]1. The molecule has 8 heteroatoms. The number of hydrogen-bond acceptors (Lipinski definition) is 5. The van der Waals surface area contributed by atoms with Gasteiger partial charge in [0.15, 0.2) is 10.9 Å². The summed E-state index contributed by atoms with van der Waals surface area (Å²) in [6.07, 6.45) is 0.696.